The van der Waals surface area contributed by atoms with Crippen molar-refractivity contribution in [2.45, 2.75) is 23.1 Å². The lowest BCUT2D eigenvalue weighted by atomic mass is 10.2. The van der Waals surface area contributed by atoms with Crippen LogP contribution in [0.15, 0.2) is 23.4 Å². The number of nitrogens with zero attached hydrogens (tertiary/aromatic N) is 1. The van der Waals surface area contributed by atoms with Crippen LogP contribution in [0.3, 0.4) is 0 Å². The highest BCUT2D eigenvalue weighted by Gasteiger charge is 2.16. The smallest absolute Gasteiger partial charge is 0.335 e. The monoisotopic (exact) mass is 239 g/mol. The molecule has 0 aliphatic carbocycles. The van der Waals surface area contributed by atoms with E-state index in [0.29, 0.717) is 5.25 Å². The average Bonchev–Trinajstić information content (AvgIpc) is 2.30. The molecule has 1 saturated heterocycles. The van der Waals surface area contributed by atoms with Crippen molar-refractivity contribution in [1.29, 1.82) is 0 Å². The van der Waals surface area contributed by atoms with Gasteiger partial charge < -0.3 is 9.84 Å². The van der Waals surface area contributed by atoms with E-state index < -0.39 is 5.97 Å². The van der Waals surface area contributed by atoms with Crippen LogP contribution in [0.5, 0.6) is 0 Å². The molecule has 0 saturated carbocycles. The molecule has 0 spiro atoms. The van der Waals surface area contributed by atoms with Gasteiger partial charge in [-0.1, -0.05) is 0 Å². The van der Waals surface area contributed by atoms with Crippen molar-refractivity contribution in [3.63, 3.8) is 0 Å². The molecule has 1 fully saturated rings. The quantitative estimate of drug-likeness (QED) is 0.874. The maximum atomic E-state index is 10.8. The molecule has 0 radical (unpaired) electrons. The molecular formula is C11H13NO3S. The van der Waals surface area contributed by atoms with E-state index in [1.54, 1.807) is 17.8 Å². The van der Waals surface area contributed by atoms with E-state index >= 15 is 0 Å². The lowest BCUT2D eigenvalue weighted by Crippen LogP contribution is -2.19. The molecule has 1 aliphatic rings. The summed E-state index contributed by atoms with van der Waals surface area (Å²) in [6.45, 7) is 1.56. The molecule has 1 aromatic heterocycles. The van der Waals surface area contributed by atoms with E-state index in [-0.39, 0.29) is 5.56 Å². The topological polar surface area (TPSA) is 59.4 Å². The van der Waals surface area contributed by atoms with Gasteiger partial charge in [0.25, 0.3) is 0 Å². The first-order valence-corrected chi connectivity index (χ1v) is 6.07. The third-order valence-electron chi connectivity index (χ3n) is 2.39. The van der Waals surface area contributed by atoms with Gasteiger partial charge in [0.1, 0.15) is 0 Å². The molecule has 4 nitrogen and oxygen atoms in total. The van der Waals surface area contributed by atoms with Crippen LogP contribution >= 0.6 is 11.8 Å². The number of carbonyl (C=O) groups is 1. The molecule has 86 valence electrons. The van der Waals surface area contributed by atoms with Crippen LogP contribution in [0.4, 0.5) is 0 Å². The van der Waals surface area contributed by atoms with Crippen molar-refractivity contribution in [2.75, 3.05) is 13.2 Å². The first-order chi connectivity index (χ1) is 7.75. The number of aromatic nitrogens is 1. The van der Waals surface area contributed by atoms with Crippen molar-refractivity contribution < 1.29 is 14.6 Å². The summed E-state index contributed by atoms with van der Waals surface area (Å²) < 4.78 is 5.37. The summed E-state index contributed by atoms with van der Waals surface area (Å²) in [5.74, 6) is -0.913. The van der Waals surface area contributed by atoms with Gasteiger partial charge in [0.2, 0.25) is 0 Å². The maximum absolute atomic E-state index is 10.8. The molecule has 1 atom stereocenters. The third kappa shape index (κ3) is 2.96. The van der Waals surface area contributed by atoms with Gasteiger partial charge in [-0.25, -0.2) is 9.78 Å². The Kier molecular flexibility index (Phi) is 3.79. The Labute approximate surface area is 98.0 Å². The first kappa shape index (κ1) is 11.4. The van der Waals surface area contributed by atoms with Crippen molar-refractivity contribution in [1.82, 2.24) is 4.98 Å². The largest absolute Gasteiger partial charge is 0.478 e. The highest BCUT2D eigenvalue weighted by atomic mass is 32.2. The fourth-order valence-corrected chi connectivity index (χ4v) is 2.69. The number of carboxylic acids is 1. The van der Waals surface area contributed by atoms with E-state index in [1.807, 2.05) is 0 Å². The van der Waals surface area contributed by atoms with Gasteiger partial charge in [-0.2, -0.15) is 0 Å². The number of rotatable bonds is 3. The Hall–Kier alpha value is -1.07. The zero-order valence-electron chi connectivity index (χ0n) is 8.76. The molecule has 0 bridgehead atoms. The van der Waals surface area contributed by atoms with Crippen LogP contribution in [0.25, 0.3) is 0 Å². The molecule has 16 heavy (non-hydrogen) atoms. The molecule has 1 unspecified atom stereocenters. The van der Waals surface area contributed by atoms with Crippen molar-refractivity contribution in [3.05, 3.63) is 23.9 Å². The lowest BCUT2D eigenvalue weighted by molar-refractivity contribution is 0.0696. The molecule has 2 rings (SSSR count). The summed E-state index contributed by atoms with van der Waals surface area (Å²) in [6.07, 6.45) is 3.70. The lowest BCUT2D eigenvalue weighted by Gasteiger charge is -2.20. The van der Waals surface area contributed by atoms with Gasteiger partial charge >= 0.3 is 5.97 Å². The number of hydrogen-bond donors (Lipinski definition) is 1. The summed E-state index contributed by atoms with van der Waals surface area (Å²) in [5.41, 5.74) is 0.286. The second kappa shape index (κ2) is 5.32. The van der Waals surface area contributed by atoms with Gasteiger partial charge in [-0.05, 0) is 25.0 Å². The highest BCUT2D eigenvalue weighted by molar-refractivity contribution is 7.99. The normalized spacial score (nSPS) is 20.6. The van der Waals surface area contributed by atoms with E-state index in [9.17, 15) is 4.79 Å². The first-order valence-electron chi connectivity index (χ1n) is 5.19. The number of carboxylic acid groups (broad SMARTS) is 1. The number of pyridine rings is 1. The Morgan fingerprint density at radius 1 is 1.62 bits per heavy atom. The minimum Gasteiger partial charge on any atom is -0.478 e. The molecular weight excluding hydrogens is 226 g/mol. The predicted molar refractivity (Wildman–Crippen MR) is 60.9 cm³/mol. The van der Waals surface area contributed by atoms with Gasteiger partial charge in [0, 0.05) is 18.1 Å². The van der Waals surface area contributed by atoms with Crippen molar-refractivity contribution in [2.24, 2.45) is 0 Å². The standard InChI is InChI=1S/C11H13NO3S/c13-11(14)8-3-4-12-10(6-8)16-9-2-1-5-15-7-9/h3-4,6,9H,1-2,5,7H2,(H,13,14). The van der Waals surface area contributed by atoms with E-state index in [4.69, 9.17) is 9.84 Å². The Bertz CT molecular complexity index is 377. The number of aromatic carboxylic acids is 1. The highest BCUT2D eigenvalue weighted by Crippen LogP contribution is 2.27. The molecule has 1 aliphatic heterocycles. The van der Waals surface area contributed by atoms with Crippen LogP contribution in [0.2, 0.25) is 0 Å². The second-order valence-electron chi connectivity index (χ2n) is 3.64. The van der Waals surface area contributed by atoms with E-state index in [2.05, 4.69) is 4.98 Å². The molecule has 2 heterocycles. The van der Waals surface area contributed by atoms with Gasteiger partial charge in [0.15, 0.2) is 0 Å². The van der Waals surface area contributed by atoms with Crippen LogP contribution in [0.1, 0.15) is 23.2 Å². The summed E-state index contributed by atoms with van der Waals surface area (Å²) >= 11 is 1.60. The third-order valence-corrected chi connectivity index (χ3v) is 3.56. The van der Waals surface area contributed by atoms with Gasteiger partial charge in [-0.3, -0.25) is 0 Å². The van der Waals surface area contributed by atoms with Crippen molar-refractivity contribution in [3.8, 4) is 0 Å². The van der Waals surface area contributed by atoms with Gasteiger partial charge in [-0.15, -0.1) is 11.8 Å². The Balaban J connectivity index is 2.02. The number of hydrogen-bond acceptors (Lipinski definition) is 4. The summed E-state index contributed by atoms with van der Waals surface area (Å²) in [6, 6.07) is 3.12. The predicted octanol–water partition coefficient (Wildman–Crippen LogP) is 2.05. The summed E-state index contributed by atoms with van der Waals surface area (Å²) in [7, 11) is 0. The second-order valence-corrected chi connectivity index (χ2v) is 4.97. The van der Waals surface area contributed by atoms with E-state index in [1.165, 1.54) is 12.3 Å². The van der Waals surface area contributed by atoms with Gasteiger partial charge in [0.05, 0.1) is 17.2 Å². The average molecular weight is 239 g/mol. The molecule has 5 heteroatoms. The molecule has 1 aromatic rings. The van der Waals surface area contributed by atoms with E-state index in [0.717, 1.165) is 31.1 Å². The molecule has 0 aromatic carbocycles. The number of ether oxygens (including phenoxy) is 1. The zero-order valence-corrected chi connectivity index (χ0v) is 9.57. The maximum Gasteiger partial charge on any atom is 0.335 e. The van der Waals surface area contributed by atoms with Crippen LogP contribution in [0, 0.1) is 0 Å². The Morgan fingerprint density at radius 3 is 3.19 bits per heavy atom. The zero-order chi connectivity index (χ0) is 11.4. The van der Waals surface area contributed by atoms with Crippen LogP contribution < -0.4 is 0 Å². The fraction of sp³-hybridized carbons (Fsp3) is 0.455. The summed E-state index contributed by atoms with van der Waals surface area (Å²) in [5, 5.41) is 10.0. The minimum atomic E-state index is -0.913. The fourth-order valence-electron chi connectivity index (χ4n) is 1.58. The van der Waals surface area contributed by atoms with Crippen LogP contribution in [-0.2, 0) is 4.74 Å². The number of thioether (sulfide) groups is 1. The molecule has 0 amide bonds. The minimum absolute atomic E-state index is 0.286. The van der Waals surface area contributed by atoms with Crippen LogP contribution in [-0.4, -0.2) is 34.5 Å². The van der Waals surface area contributed by atoms with Crippen molar-refractivity contribution >= 4 is 17.7 Å². The molecule has 1 N–H and O–H groups in total. The summed E-state index contributed by atoms with van der Waals surface area (Å²) in [4.78, 5) is 14.9. The SMILES string of the molecule is O=C(O)c1ccnc(SC2CCCOC2)c1. The Morgan fingerprint density at radius 2 is 2.50 bits per heavy atom.